The minimum atomic E-state index is -0.600. The van der Waals surface area contributed by atoms with Crippen molar-refractivity contribution in [3.8, 4) is 11.8 Å². The van der Waals surface area contributed by atoms with E-state index in [2.05, 4.69) is 4.98 Å². The minimum Gasteiger partial charge on any atom is -0.297 e. The van der Waals surface area contributed by atoms with E-state index in [4.69, 9.17) is 16.9 Å². The molecule has 2 rings (SSSR count). The normalized spacial score (nSPS) is 10.2. The number of hydrogen-bond donors (Lipinski definition) is 1. The molecule has 0 aliphatic rings. The van der Waals surface area contributed by atoms with E-state index in [1.807, 2.05) is 6.07 Å². The summed E-state index contributed by atoms with van der Waals surface area (Å²) >= 11 is 5.83. The molecule has 0 amide bonds. The third kappa shape index (κ3) is 2.30. The number of H-pyrrole nitrogens is 1. The highest BCUT2D eigenvalue weighted by Crippen LogP contribution is 2.09. The van der Waals surface area contributed by atoms with Crippen molar-refractivity contribution in [2.45, 2.75) is 13.3 Å². The van der Waals surface area contributed by atoms with Gasteiger partial charge in [-0.25, -0.2) is 9.36 Å². The molecule has 0 atom stereocenters. The Labute approximate surface area is 113 Å². The molecule has 19 heavy (non-hydrogen) atoms. The highest BCUT2D eigenvalue weighted by atomic mass is 35.5. The number of benzene rings is 1. The van der Waals surface area contributed by atoms with Gasteiger partial charge in [0.05, 0.1) is 22.9 Å². The summed E-state index contributed by atoms with van der Waals surface area (Å²) in [4.78, 5) is 26.5. The van der Waals surface area contributed by atoms with Crippen LogP contribution in [-0.2, 0) is 6.42 Å². The van der Waals surface area contributed by atoms with Crippen molar-refractivity contribution in [2.75, 3.05) is 0 Å². The molecule has 0 unspecified atom stereocenters. The maximum atomic E-state index is 12.2. The predicted molar refractivity (Wildman–Crippen MR) is 71.8 cm³/mol. The first-order valence-corrected chi connectivity index (χ1v) is 6.00. The molecular weight excluding hydrogens is 266 g/mol. The van der Waals surface area contributed by atoms with Gasteiger partial charge in [0.1, 0.15) is 5.15 Å². The van der Waals surface area contributed by atoms with Gasteiger partial charge in [0.15, 0.2) is 0 Å². The average Bonchev–Trinajstić information content (AvgIpc) is 2.39. The Morgan fingerprint density at radius 3 is 2.47 bits per heavy atom. The van der Waals surface area contributed by atoms with Gasteiger partial charge >= 0.3 is 5.69 Å². The van der Waals surface area contributed by atoms with E-state index in [-0.39, 0.29) is 5.15 Å². The Kier molecular flexibility index (Phi) is 3.54. The molecular formula is C13H10ClN3O2. The Bertz CT molecular complexity index is 766. The van der Waals surface area contributed by atoms with E-state index < -0.39 is 11.2 Å². The lowest BCUT2D eigenvalue weighted by Crippen LogP contribution is -2.36. The van der Waals surface area contributed by atoms with Crippen LogP contribution in [0.4, 0.5) is 0 Å². The number of aromatic nitrogens is 2. The van der Waals surface area contributed by atoms with E-state index >= 15 is 0 Å². The molecule has 0 fully saturated rings. The van der Waals surface area contributed by atoms with Gasteiger partial charge in [-0.15, -0.1) is 0 Å². The SMILES string of the molecule is CCc1c(Cl)[nH]c(=O)n(-c2ccc(C#N)cc2)c1=O. The monoisotopic (exact) mass is 275 g/mol. The van der Waals surface area contributed by atoms with Crippen molar-refractivity contribution in [3.05, 3.63) is 61.4 Å². The van der Waals surface area contributed by atoms with Crippen LogP contribution < -0.4 is 11.2 Å². The topological polar surface area (TPSA) is 78.7 Å². The van der Waals surface area contributed by atoms with Gasteiger partial charge in [-0.2, -0.15) is 5.26 Å². The summed E-state index contributed by atoms with van der Waals surface area (Å²) < 4.78 is 1.01. The number of halogens is 1. The first-order valence-electron chi connectivity index (χ1n) is 5.62. The quantitative estimate of drug-likeness (QED) is 0.846. The Morgan fingerprint density at radius 1 is 1.32 bits per heavy atom. The van der Waals surface area contributed by atoms with Gasteiger partial charge in [0.2, 0.25) is 0 Å². The smallest absolute Gasteiger partial charge is 0.297 e. The summed E-state index contributed by atoms with van der Waals surface area (Å²) in [5.41, 5.74) is 0.165. The molecule has 0 saturated heterocycles. The van der Waals surface area contributed by atoms with Gasteiger partial charge in [-0.05, 0) is 30.7 Å². The van der Waals surface area contributed by atoms with E-state index in [0.717, 1.165) is 4.57 Å². The van der Waals surface area contributed by atoms with Gasteiger partial charge in [-0.1, -0.05) is 18.5 Å². The van der Waals surface area contributed by atoms with Crippen LogP contribution in [-0.4, -0.2) is 9.55 Å². The summed E-state index contributed by atoms with van der Waals surface area (Å²) in [6.07, 6.45) is 0.421. The Balaban J connectivity index is 2.72. The van der Waals surface area contributed by atoms with E-state index in [1.54, 1.807) is 31.2 Å². The molecule has 1 N–H and O–H groups in total. The zero-order chi connectivity index (χ0) is 14.0. The summed E-state index contributed by atoms with van der Waals surface area (Å²) in [6.45, 7) is 1.78. The number of nitrogens with one attached hydrogen (secondary N) is 1. The van der Waals surface area contributed by atoms with Crippen LogP contribution in [0.25, 0.3) is 5.69 Å². The number of nitrogens with zero attached hydrogens (tertiary/aromatic N) is 2. The standard InChI is InChI=1S/C13H10ClN3O2/c1-2-10-11(14)16-13(19)17(12(10)18)9-5-3-8(7-15)4-6-9/h3-6H,2H2,1H3,(H,16,19). The number of aromatic amines is 1. The van der Waals surface area contributed by atoms with Crippen LogP contribution in [0.15, 0.2) is 33.9 Å². The highest BCUT2D eigenvalue weighted by molar-refractivity contribution is 6.30. The predicted octanol–water partition coefficient (Wildman–Crippen LogP) is 1.61. The largest absolute Gasteiger partial charge is 0.334 e. The van der Waals surface area contributed by atoms with Crippen molar-refractivity contribution in [1.82, 2.24) is 9.55 Å². The minimum absolute atomic E-state index is 0.0717. The maximum Gasteiger partial charge on any atom is 0.334 e. The lowest BCUT2D eigenvalue weighted by atomic mass is 10.2. The van der Waals surface area contributed by atoms with Gasteiger partial charge in [0.25, 0.3) is 5.56 Å². The Hall–Kier alpha value is -2.32. The summed E-state index contributed by atoms with van der Waals surface area (Å²) in [6, 6.07) is 8.15. The molecule has 0 aliphatic heterocycles. The molecule has 1 aromatic carbocycles. The average molecular weight is 276 g/mol. The van der Waals surface area contributed by atoms with Crippen molar-refractivity contribution in [1.29, 1.82) is 5.26 Å². The number of hydrogen-bond acceptors (Lipinski definition) is 3. The molecule has 0 spiro atoms. The lowest BCUT2D eigenvalue weighted by molar-refractivity contribution is 0.842. The Morgan fingerprint density at radius 2 is 1.95 bits per heavy atom. The summed E-state index contributed by atoms with van der Waals surface area (Å²) in [5.74, 6) is 0. The molecule has 0 radical (unpaired) electrons. The highest BCUT2D eigenvalue weighted by Gasteiger charge is 2.12. The molecule has 2 aromatic rings. The zero-order valence-corrected chi connectivity index (χ0v) is 10.9. The van der Waals surface area contributed by atoms with Crippen LogP contribution in [0.1, 0.15) is 18.1 Å². The molecule has 96 valence electrons. The molecule has 0 aliphatic carbocycles. The van der Waals surface area contributed by atoms with E-state index in [0.29, 0.717) is 23.2 Å². The van der Waals surface area contributed by atoms with Gasteiger partial charge in [0, 0.05) is 0 Å². The van der Waals surface area contributed by atoms with Crippen LogP contribution in [0, 0.1) is 11.3 Å². The van der Waals surface area contributed by atoms with Crippen molar-refractivity contribution < 1.29 is 0 Å². The van der Waals surface area contributed by atoms with Crippen LogP contribution in [0.5, 0.6) is 0 Å². The second kappa shape index (κ2) is 5.12. The molecule has 5 nitrogen and oxygen atoms in total. The fourth-order valence-electron chi connectivity index (χ4n) is 1.77. The van der Waals surface area contributed by atoms with Crippen molar-refractivity contribution in [3.63, 3.8) is 0 Å². The van der Waals surface area contributed by atoms with Crippen LogP contribution >= 0.6 is 11.6 Å². The second-order valence-corrected chi connectivity index (χ2v) is 4.25. The maximum absolute atomic E-state index is 12.2. The molecule has 0 saturated carbocycles. The second-order valence-electron chi connectivity index (χ2n) is 3.88. The molecule has 1 aromatic heterocycles. The first-order chi connectivity index (χ1) is 9.08. The van der Waals surface area contributed by atoms with E-state index in [1.165, 1.54) is 0 Å². The first kappa shape index (κ1) is 13.1. The van der Waals surface area contributed by atoms with Crippen molar-refractivity contribution >= 4 is 11.6 Å². The van der Waals surface area contributed by atoms with Crippen molar-refractivity contribution in [2.24, 2.45) is 0 Å². The third-order valence-corrected chi connectivity index (χ3v) is 3.08. The van der Waals surface area contributed by atoms with Gasteiger partial charge in [-0.3, -0.25) is 9.78 Å². The van der Waals surface area contributed by atoms with E-state index in [9.17, 15) is 9.59 Å². The number of rotatable bonds is 2. The fourth-order valence-corrected chi connectivity index (χ4v) is 2.07. The zero-order valence-electron chi connectivity index (χ0n) is 10.1. The molecule has 1 heterocycles. The summed E-state index contributed by atoms with van der Waals surface area (Å²) in [7, 11) is 0. The fraction of sp³-hybridized carbons (Fsp3) is 0.154. The lowest BCUT2D eigenvalue weighted by Gasteiger charge is -2.07. The van der Waals surface area contributed by atoms with Crippen LogP contribution in [0.2, 0.25) is 5.15 Å². The molecule has 0 bridgehead atoms. The number of nitriles is 1. The molecule has 6 heteroatoms. The summed E-state index contributed by atoms with van der Waals surface area (Å²) in [5, 5.41) is 8.79. The van der Waals surface area contributed by atoms with Crippen LogP contribution in [0.3, 0.4) is 0 Å². The van der Waals surface area contributed by atoms with Gasteiger partial charge < -0.3 is 0 Å². The third-order valence-electron chi connectivity index (χ3n) is 2.75.